The van der Waals surface area contributed by atoms with Crippen LogP contribution in [0, 0.1) is 0 Å². The van der Waals surface area contributed by atoms with Crippen molar-refractivity contribution < 1.29 is 0 Å². The lowest BCUT2D eigenvalue weighted by Crippen LogP contribution is -2.37. The number of hydrogen-bond donors (Lipinski definition) is 2. The van der Waals surface area contributed by atoms with E-state index in [1.54, 1.807) is 0 Å². The van der Waals surface area contributed by atoms with Crippen molar-refractivity contribution in [2.45, 2.75) is 44.7 Å². The largest absolute Gasteiger partial charge is 0.383 e. The van der Waals surface area contributed by atoms with E-state index >= 15 is 0 Å². The predicted molar refractivity (Wildman–Crippen MR) is 77.5 cm³/mol. The summed E-state index contributed by atoms with van der Waals surface area (Å²) in [6.45, 7) is 3.45. The smallest absolute Gasteiger partial charge is 0.0353 e. The van der Waals surface area contributed by atoms with Gasteiger partial charge in [-0.2, -0.15) is 0 Å². The molecule has 0 aromatic heterocycles. The second-order valence-corrected chi connectivity index (χ2v) is 5.85. The van der Waals surface area contributed by atoms with Crippen LogP contribution in [0.25, 0.3) is 0 Å². The van der Waals surface area contributed by atoms with Gasteiger partial charge in [0, 0.05) is 22.2 Å². The van der Waals surface area contributed by atoms with Crippen LogP contribution in [0.15, 0.2) is 28.7 Å². The third-order valence-corrected chi connectivity index (χ3v) is 3.78. The minimum absolute atomic E-state index is 0.514. The molecule has 2 N–H and O–H groups in total. The molecule has 0 aliphatic carbocycles. The van der Waals surface area contributed by atoms with Gasteiger partial charge in [-0.15, -0.1) is 0 Å². The van der Waals surface area contributed by atoms with E-state index in [1.807, 2.05) is 0 Å². The standard InChI is InChI=1S/C14H21BrN2/c1-11(9-13-6-2-3-8-16-13)17-14-7-4-5-12(15)10-14/h4-5,7,10-11,13,16-17H,2-3,6,8-9H2,1H3. The van der Waals surface area contributed by atoms with Gasteiger partial charge in [0.15, 0.2) is 0 Å². The average Bonchev–Trinajstić information content (AvgIpc) is 2.30. The first-order chi connectivity index (χ1) is 8.24. The Balaban J connectivity index is 1.82. The van der Waals surface area contributed by atoms with Gasteiger partial charge in [-0.1, -0.05) is 28.4 Å². The van der Waals surface area contributed by atoms with Gasteiger partial charge in [0.25, 0.3) is 0 Å². The maximum atomic E-state index is 3.60. The monoisotopic (exact) mass is 296 g/mol. The molecule has 2 atom stereocenters. The van der Waals surface area contributed by atoms with E-state index in [4.69, 9.17) is 0 Å². The van der Waals surface area contributed by atoms with Gasteiger partial charge in [-0.3, -0.25) is 0 Å². The molecule has 0 amide bonds. The topological polar surface area (TPSA) is 24.1 Å². The normalized spacial score (nSPS) is 22.1. The molecule has 1 aromatic carbocycles. The molecule has 0 bridgehead atoms. The van der Waals surface area contributed by atoms with Crippen molar-refractivity contribution >= 4 is 21.6 Å². The Bertz CT molecular complexity index is 348. The molecule has 2 nitrogen and oxygen atoms in total. The first-order valence-corrected chi connectivity index (χ1v) is 7.29. The number of anilines is 1. The molecule has 94 valence electrons. The van der Waals surface area contributed by atoms with Crippen LogP contribution in [-0.4, -0.2) is 18.6 Å². The fraction of sp³-hybridized carbons (Fsp3) is 0.571. The fourth-order valence-electron chi connectivity index (χ4n) is 2.47. The number of nitrogens with one attached hydrogen (secondary N) is 2. The van der Waals surface area contributed by atoms with E-state index in [9.17, 15) is 0 Å². The summed E-state index contributed by atoms with van der Waals surface area (Å²) in [7, 11) is 0. The molecule has 0 spiro atoms. The van der Waals surface area contributed by atoms with E-state index in [-0.39, 0.29) is 0 Å². The van der Waals surface area contributed by atoms with Crippen molar-refractivity contribution in [3.8, 4) is 0 Å². The Morgan fingerprint density at radius 3 is 3.06 bits per heavy atom. The Kier molecular flexibility index (Phi) is 4.86. The van der Waals surface area contributed by atoms with Gasteiger partial charge < -0.3 is 10.6 Å². The molecular weight excluding hydrogens is 276 g/mol. The lowest BCUT2D eigenvalue weighted by molar-refractivity contribution is 0.371. The lowest BCUT2D eigenvalue weighted by Gasteiger charge is -2.27. The molecule has 0 radical (unpaired) electrons. The van der Waals surface area contributed by atoms with Crippen LogP contribution >= 0.6 is 15.9 Å². The highest BCUT2D eigenvalue weighted by atomic mass is 79.9. The summed E-state index contributed by atoms with van der Waals surface area (Å²) in [5.41, 5.74) is 1.20. The molecule has 1 aliphatic heterocycles. The summed E-state index contributed by atoms with van der Waals surface area (Å²) in [4.78, 5) is 0. The third-order valence-electron chi connectivity index (χ3n) is 3.29. The van der Waals surface area contributed by atoms with Gasteiger partial charge in [-0.25, -0.2) is 0 Å². The number of piperidine rings is 1. The zero-order valence-electron chi connectivity index (χ0n) is 10.4. The van der Waals surface area contributed by atoms with Crippen molar-refractivity contribution in [3.05, 3.63) is 28.7 Å². The first-order valence-electron chi connectivity index (χ1n) is 6.49. The SMILES string of the molecule is CC(CC1CCCCN1)Nc1cccc(Br)c1. The Labute approximate surface area is 112 Å². The number of rotatable bonds is 4. The molecule has 2 unspecified atom stereocenters. The van der Waals surface area contributed by atoms with Gasteiger partial charge in [0.05, 0.1) is 0 Å². The molecule has 1 saturated heterocycles. The van der Waals surface area contributed by atoms with Crippen molar-refractivity contribution in [3.63, 3.8) is 0 Å². The van der Waals surface area contributed by atoms with Crippen LogP contribution in [0.2, 0.25) is 0 Å². The highest BCUT2D eigenvalue weighted by Crippen LogP contribution is 2.18. The van der Waals surface area contributed by atoms with Crippen molar-refractivity contribution in [2.24, 2.45) is 0 Å². The molecular formula is C14H21BrN2. The molecule has 1 aliphatic rings. The second kappa shape index (κ2) is 6.41. The lowest BCUT2D eigenvalue weighted by atomic mass is 9.99. The van der Waals surface area contributed by atoms with Crippen LogP contribution in [0.4, 0.5) is 5.69 Å². The van der Waals surface area contributed by atoms with Crippen LogP contribution in [-0.2, 0) is 0 Å². The van der Waals surface area contributed by atoms with Gasteiger partial charge in [0.1, 0.15) is 0 Å². The van der Waals surface area contributed by atoms with Crippen LogP contribution in [0.1, 0.15) is 32.6 Å². The van der Waals surface area contributed by atoms with Crippen molar-refractivity contribution in [1.82, 2.24) is 5.32 Å². The average molecular weight is 297 g/mol. The number of hydrogen-bond acceptors (Lipinski definition) is 2. The molecule has 1 aromatic rings. The number of halogens is 1. The van der Waals surface area contributed by atoms with Crippen molar-refractivity contribution in [2.75, 3.05) is 11.9 Å². The maximum absolute atomic E-state index is 3.60. The molecule has 0 saturated carbocycles. The Morgan fingerprint density at radius 1 is 1.47 bits per heavy atom. The number of benzene rings is 1. The van der Waals surface area contributed by atoms with Crippen LogP contribution in [0.5, 0.6) is 0 Å². The van der Waals surface area contributed by atoms with E-state index in [1.165, 1.54) is 37.9 Å². The predicted octanol–water partition coefficient (Wildman–Crippen LogP) is 3.78. The summed E-state index contributed by atoms with van der Waals surface area (Å²) >= 11 is 3.50. The molecule has 17 heavy (non-hydrogen) atoms. The van der Waals surface area contributed by atoms with E-state index in [2.05, 4.69) is 57.8 Å². The Hall–Kier alpha value is -0.540. The molecule has 1 fully saturated rings. The first kappa shape index (κ1) is 12.9. The quantitative estimate of drug-likeness (QED) is 0.883. The highest BCUT2D eigenvalue weighted by Gasteiger charge is 2.15. The molecule has 3 heteroatoms. The summed E-state index contributed by atoms with van der Waals surface area (Å²) in [6, 6.07) is 9.58. The third kappa shape index (κ3) is 4.32. The zero-order chi connectivity index (χ0) is 12.1. The van der Waals surface area contributed by atoms with Crippen LogP contribution < -0.4 is 10.6 Å². The Morgan fingerprint density at radius 2 is 2.35 bits per heavy atom. The maximum Gasteiger partial charge on any atom is 0.0353 e. The molecule has 2 rings (SSSR count). The minimum Gasteiger partial charge on any atom is -0.383 e. The highest BCUT2D eigenvalue weighted by molar-refractivity contribution is 9.10. The second-order valence-electron chi connectivity index (χ2n) is 4.94. The molecule has 1 heterocycles. The summed E-state index contributed by atoms with van der Waals surface area (Å²) < 4.78 is 1.13. The van der Waals surface area contributed by atoms with Crippen molar-refractivity contribution in [1.29, 1.82) is 0 Å². The minimum atomic E-state index is 0.514. The van der Waals surface area contributed by atoms with Crippen LogP contribution in [0.3, 0.4) is 0 Å². The summed E-state index contributed by atoms with van der Waals surface area (Å²) in [5, 5.41) is 7.16. The van der Waals surface area contributed by atoms with Gasteiger partial charge in [-0.05, 0) is 50.9 Å². The van der Waals surface area contributed by atoms with Gasteiger partial charge in [0.2, 0.25) is 0 Å². The fourth-order valence-corrected chi connectivity index (χ4v) is 2.87. The van der Waals surface area contributed by atoms with E-state index < -0.39 is 0 Å². The summed E-state index contributed by atoms with van der Waals surface area (Å²) in [6.07, 6.45) is 5.24. The van der Waals surface area contributed by atoms with E-state index in [0.717, 1.165) is 4.47 Å². The summed E-state index contributed by atoms with van der Waals surface area (Å²) in [5.74, 6) is 0. The zero-order valence-corrected chi connectivity index (χ0v) is 12.0. The van der Waals surface area contributed by atoms with E-state index in [0.29, 0.717) is 12.1 Å². The van der Waals surface area contributed by atoms with Gasteiger partial charge >= 0.3 is 0 Å².